The molecule has 2 rings (SSSR count). The van der Waals surface area contributed by atoms with Gasteiger partial charge in [0.15, 0.2) is 5.82 Å². The number of hydrogen-bond acceptors (Lipinski definition) is 2. The minimum absolute atomic E-state index is 0.235. The molecule has 0 saturated carbocycles. The lowest BCUT2D eigenvalue weighted by molar-refractivity contribution is 0.101. The van der Waals surface area contributed by atoms with Gasteiger partial charge in [-0.3, -0.25) is 9.89 Å². The summed E-state index contributed by atoms with van der Waals surface area (Å²) < 4.78 is 1.66. The third kappa shape index (κ3) is 2.09. The van der Waals surface area contributed by atoms with Crippen molar-refractivity contribution >= 4 is 23.3 Å². The number of H-pyrrole nitrogens is 1. The Morgan fingerprint density at radius 3 is 2.81 bits per heavy atom. The number of rotatable bonds is 2. The zero-order valence-corrected chi connectivity index (χ0v) is 9.67. The Balaban J connectivity index is 2.17. The standard InChI is InChI=1S/C10H11ClN4O/c1-6-3-9(14-13-6)12-10(16)8-4-7(11)5-15(8)2/h3-5H,1-2H3,(H2,12,13,14,16). The molecule has 2 heterocycles. The van der Waals surface area contributed by atoms with E-state index in [4.69, 9.17) is 11.6 Å². The Morgan fingerprint density at radius 1 is 1.56 bits per heavy atom. The second kappa shape index (κ2) is 4.02. The summed E-state index contributed by atoms with van der Waals surface area (Å²) in [6.45, 7) is 1.86. The number of nitrogens with one attached hydrogen (secondary N) is 2. The van der Waals surface area contributed by atoms with Gasteiger partial charge in [0.1, 0.15) is 5.69 Å². The summed E-state index contributed by atoms with van der Waals surface area (Å²) in [7, 11) is 1.76. The van der Waals surface area contributed by atoms with Gasteiger partial charge in [-0.2, -0.15) is 5.10 Å². The van der Waals surface area contributed by atoms with Crippen LogP contribution in [0.4, 0.5) is 5.82 Å². The van der Waals surface area contributed by atoms with Crippen molar-refractivity contribution < 1.29 is 4.79 Å². The Morgan fingerprint density at radius 2 is 2.31 bits per heavy atom. The Bertz CT molecular complexity index is 529. The van der Waals surface area contributed by atoms with Gasteiger partial charge in [0.2, 0.25) is 0 Å². The highest BCUT2D eigenvalue weighted by Gasteiger charge is 2.12. The molecule has 0 aliphatic heterocycles. The van der Waals surface area contributed by atoms with E-state index in [1.165, 1.54) is 0 Å². The van der Waals surface area contributed by atoms with Gasteiger partial charge >= 0.3 is 0 Å². The van der Waals surface area contributed by atoms with E-state index in [9.17, 15) is 4.79 Å². The molecular weight excluding hydrogens is 228 g/mol. The van der Waals surface area contributed by atoms with Crippen molar-refractivity contribution in [3.05, 3.63) is 34.7 Å². The monoisotopic (exact) mass is 238 g/mol. The van der Waals surface area contributed by atoms with Crippen molar-refractivity contribution in [2.75, 3.05) is 5.32 Å². The molecule has 1 amide bonds. The molecule has 0 aromatic carbocycles. The van der Waals surface area contributed by atoms with Crippen molar-refractivity contribution in [3.63, 3.8) is 0 Å². The van der Waals surface area contributed by atoms with Gasteiger partial charge in [-0.05, 0) is 13.0 Å². The molecule has 0 atom stereocenters. The van der Waals surface area contributed by atoms with Crippen molar-refractivity contribution in [2.45, 2.75) is 6.92 Å². The van der Waals surface area contributed by atoms with Gasteiger partial charge in [0.25, 0.3) is 5.91 Å². The predicted octanol–water partition coefficient (Wildman–Crippen LogP) is 1.96. The van der Waals surface area contributed by atoms with Gasteiger partial charge < -0.3 is 9.88 Å². The molecule has 0 aliphatic carbocycles. The SMILES string of the molecule is Cc1cc(NC(=O)c2cc(Cl)cn2C)n[nH]1. The van der Waals surface area contributed by atoms with E-state index < -0.39 is 0 Å². The summed E-state index contributed by atoms with van der Waals surface area (Å²) in [5.41, 5.74) is 1.38. The first-order valence-electron chi connectivity index (χ1n) is 4.71. The maximum atomic E-state index is 11.8. The normalized spacial score (nSPS) is 10.4. The lowest BCUT2D eigenvalue weighted by Crippen LogP contribution is -2.15. The van der Waals surface area contributed by atoms with Crippen LogP contribution in [0.3, 0.4) is 0 Å². The first-order valence-corrected chi connectivity index (χ1v) is 5.09. The number of carbonyl (C=O) groups excluding carboxylic acids is 1. The highest BCUT2D eigenvalue weighted by molar-refractivity contribution is 6.31. The molecule has 2 aromatic rings. The topological polar surface area (TPSA) is 62.7 Å². The maximum Gasteiger partial charge on any atom is 0.273 e. The highest BCUT2D eigenvalue weighted by atomic mass is 35.5. The van der Waals surface area contributed by atoms with Crippen LogP contribution in [0.1, 0.15) is 16.2 Å². The molecule has 0 aliphatic rings. The molecule has 0 unspecified atom stereocenters. The number of halogens is 1. The number of aromatic nitrogens is 3. The molecule has 5 nitrogen and oxygen atoms in total. The van der Waals surface area contributed by atoms with Crippen molar-refractivity contribution in [2.24, 2.45) is 7.05 Å². The number of anilines is 1. The summed E-state index contributed by atoms with van der Waals surface area (Å²) in [5, 5.41) is 9.87. The van der Waals surface area contributed by atoms with Crippen LogP contribution in [0.5, 0.6) is 0 Å². The van der Waals surface area contributed by atoms with Crippen LogP contribution in [0.2, 0.25) is 5.02 Å². The second-order valence-corrected chi connectivity index (χ2v) is 3.98. The fourth-order valence-corrected chi connectivity index (χ4v) is 1.66. The molecule has 16 heavy (non-hydrogen) atoms. The molecule has 0 spiro atoms. The quantitative estimate of drug-likeness (QED) is 0.840. The first-order chi connectivity index (χ1) is 7.56. The van der Waals surface area contributed by atoms with Crippen molar-refractivity contribution in [1.82, 2.24) is 14.8 Å². The summed E-state index contributed by atoms with van der Waals surface area (Å²) >= 11 is 5.79. The minimum atomic E-state index is -0.235. The predicted molar refractivity (Wildman–Crippen MR) is 61.7 cm³/mol. The highest BCUT2D eigenvalue weighted by Crippen LogP contribution is 2.14. The number of hydrogen-bond donors (Lipinski definition) is 2. The number of carbonyl (C=O) groups is 1. The zero-order valence-electron chi connectivity index (χ0n) is 8.91. The van der Waals surface area contributed by atoms with Crippen LogP contribution in [0, 0.1) is 6.92 Å². The van der Waals surface area contributed by atoms with E-state index in [-0.39, 0.29) is 5.91 Å². The average Bonchev–Trinajstić information content (AvgIpc) is 2.73. The molecule has 6 heteroatoms. The first kappa shape index (κ1) is 10.8. The van der Waals surface area contributed by atoms with Crippen LogP contribution >= 0.6 is 11.6 Å². The molecule has 0 bridgehead atoms. The second-order valence-electron chi connectivity index (χ2n) is 3.54. The van der Waals surface area contributed by atoms with E-state index in [1.54, 1.807) is 29.9 Å². The molecule has 0 fully saturated rings. The summed E-state index contributed by atoms with van der Waals surface area (Å²) in [6.07, 6.45) is 1.67. The summed E-state index contributed by atoms with van der Waals surface area (Å²) in [6, 6.07) is 3.36. The summed E-state index contributed by atoms with van der Waals surface area (Å²) in [4.78, 5) is 11.8. The molecule has 0 saturated heterocycles. The molecule has 2 aromatic heterocycles. The Labute approximate surface area is 97.4 Å². The van der Waals surface area contributed by atoms with E-state index in [1.807, 2.05) is 6.92 Å². The fraction of sp³-hybridized carbons (Fsp3) is 0.200. The van der Waals surface area contributed by atoms with Crippen LogP contribution in [0.25, 0.3) is 0 Å². The summed E-state index contributed by atoms with van der Waals surface area (Å²) in [5.74, 6) is 0.265. The smallest absolute Gasteiger partial charge is 0.273 e. The molecule has 2 N–H and O–H groups in total. The van der Waals surface area contributed by atoms with Crippen LogP contribution in [-0.2, 0) is 7.05 Å². The lowest BCUT2D eigenvalue weighted by Gasteiger charge is -2.02. The third-order valence-corrected chi connectivity index (χ3v) is 2.36. The fourth-order valence-electron chi connectivity index (χ4n) is 1.41. The van der Waals surface area contributed by atoms with Gasteiger partial charge in [-0.1, -0.05) is 11.6 Å². The Kier molecular flexibility index (Phi) is 2.70. The Hall–Kier alpha value is -1.75. The van der Waals surface area contributed by atoms with E-state index in [0.717, 1.165) is 5.69 Å². The number of aryl methyl sites for hydroxylation is 2. The molecule has 0 radical (unpaired) electrons. The molecule has 84 valence electrons. The van der Waals surface area contributed by atoms with Gasteiger partial charge in [0, 0.05) is 25.0 Å². The van der Waals surface area contributed by atoms with Crippen LogP contribution < -0.4 is 5.32 Å². The minimum Gasteiger partial charge on any atom is -0.345 e. The van der Waals surface area contributed by atoms with Crippen LogP contribution in [-0.4, -0.2) is 20.7 Å². The van der Waals surface area contributed by atoms with Gasteiger partial charge in [0.05, 0.1) is 5.02 Å². The van der Waals surface area contributed by atoms with Crippen molar-refractivity contribution in [3.8, 4) is 0 Å². The third-order valence-electron chi connectivity index (χ3n) is 2.15. The van der Waals surface area contributed by atoms with Gasteiger partial charge in [-0.25, -0.2) is 0 Å². The van der Waals surface area contributed by atoms with E-state index in [2.05, 4.69) is 15.5 Å². The van der Waals surface area contributed by atoms with Gasteiger partial charge in [-0.15, -0.1) is 0 Å². The zero-order chi connectivity index (χ0) is 11.7. The number of nitrogens with zero attached hydrogens (tertiary/aromatic N) is 2. The number of aromatic amines is 1. The van der Waals surface area contributed by atoms with Crippen molar-refractivity contribution in [1.29, 1.82) is 0 Å². The van der Waals surface area contributed by atoms with E-state index in [0.29, 0.717) is 16.5 Å². The van der Waals surface area contributed by atoms with E-state index >= 15 is 0 Å². The largest absolute Gasteiger partial charge is 0.345 e. The number of amides is 1. The lowest BCUT2D eigenvalue weighted by atomic mass is 10.4. The van der Waals surface area contributed by atoms with Crippen LogP contribution in [0.15, 0.2) is 18.3 Å². The molecular formula is C10H11ClN4O. The average molecular weight is 239 g/mol. The maximum absolute atomic E-state index is 11.8.